The van der Waals surface area contributed by atoms with Crippen LogP contribution >= 0.6 is 11.8 Å². The fourth-order valence-electron chi connectivity index (χ4n) is 2.61. The smallest absolute Gasteiger partial charge is 0.196 e. The molecule has 4 nitrogen and oxygen atoms in total. The number of hydrogen-bond acceptors (Lipinski definition) is 4. The van der Waals surface area contributed by atoms with Gasteiger partial charge in [0, 0.05) is 12.1 Å². The first kappa shape index (κ1) is 14.3. The van der Waals surface area contributed by atoms with Crippen LogP contribution in [0, 0.1) is 13.8 Å². The van der Waals surface area contributed by atoms with Gasteiger partial charge in [0.05, 0.1) is 5.25 Å². The molecule has 1 atom stereocenters. The number of nitrogens with zero attached hydrogens (tertiary/aromatic N) is 3. The van der Waals surface area contributed by atoms with Crippen LogP contribution in [0.3, 0.4) is 0 Å². The van der Waals surface area contributed by atoms with Crippen LogP contribution in [0.5, 0.6) is 0 Å². The Kier molecular flexibility index (Phi) is 4.10. The lowest BCUT2D eigenvalue weighted by Gasteiger charge is -2.19. The van der Waals surface area contributed by atoms with Crippen LogP contribution in [0.25, 0.3) is 5.69 Å². The Morgan fingerprint density at radius 1 is 1.14 bits per heavy atom. The van der Waals surface area contributed by atoms with Gasteiger partial charge < -0.3 is 0 Å². The zero-order valence-corrected chi connectivity index (χ0v) is 13.2. The molecule has 3 rings (SSSR count). The number of ketones is 1. The van der Waals surface area contributed by atoms with E-state index in [-0.39, 0.29) is 5.25 Å². The van der Waals surface area contributed by atoms with Gasteiger partial charge in [0.25, 0.3) is 0 Å². The second kappa shape index (κ2) is 6.02. The predicted molar refractivity (Wildman–Crippen MR) is 84.0 cm³/mol. The summed E-state index contributed by atoms with van der Waals surface area (Å²) in [6.45, 7) is 4.01. The largest absolute Gasteiger partial charge is 0.298 e. The lowest BCUT2D eigenvalue weighted by molar-refractivity contribution is -0.119. The van der Waals surface area contributed by atoms with E-state index in [0.29, 0.717) is 12.2 Å². The Bertz CT molecular complexity index is 648. The van der Waals surface area contributed by atoms with Crippen molar-refractivity contribution in [1.29, 1.82) is 0 Å². The highest BCUT2D eigenvalue weighted by Crippen LogP contribution is 2.32. The number of carbonyl (C=O) groups is 1. The van der Waals surface area contributed by atoms with Crippen molar-refractivity contribution in [2.45, 2.75) is 49.9 Å². The molecule has 110 valence electrons. The number of thioether (sulfide) groups is 1. The molecular weight excluding hydrogens is 282 g/mol. The summed E-state index contributed by atoms with van der Waals surface area (Å²) in [5, 5.41) is 9.30. The first-order chi connectivity index (χ1) is 10.1. The van der Waals surface area contributed by atoms with E-state index in [1.807, 2.05) is 11.5 Å². The van der Waals surface area contributed by atoms with Crippen LogP contribution in [-0.4, -0.2) is 25.8 Å². The molecule has 0 unspecified atom stereocenters. The molecule has 1 aromatic heterocycles. The van der Waals surface area contributed by atoms with Crippen LogP contribution in [0.4, 0.5) is 0 Å². The van der Waals surface area contributed by atoms with Crippen molar-refractivity contribution in [3.05, 3.63) is 35.7 Å². The van der Waals surface area contributed by atoms with Crippen LogP contribution < -0.4 is 0 Å². The van der Waals surface area contributed by atoms with Crippen LogP contribution in [0.2, 0.25) is 0 Å². The van der Waals surface area contributed by atoms with Gasteiger partial charge in [-0.25, -0.2) is 0 Å². The molecule has 1 saturated carbocycles. The van der Waals surface area contributed by atoms with Gasteiger partial charge in [-0.2, -0.15) is 0 Å². The van der Waals surface area contributed by atoms with Crippen LogP contribution in [-0.2, 0) is 4.79 Å². The van der Waals surface area contributed by atoms with Crippen molar-refractivity contribution >= 4 is 17.5 Å². The average Bonchev–Trinajstić information content (AvgIpc) is 2.83. The Hall–Kier alpha value is -1.62. The maximum Gasteiger partial charge on any atom is 0.196 e. The van der Waals surface area contributed by atoms with Gasteiger partial charge in [0.2, 0.25) is 0 Å². The molecule has 1 aromatic carbocycles. The first-order valence-electron chi connectivity index (χ1n) is 7.33. The van der Waals surface area contributed by atoms with E-state index in [1.54, 1.807) is 11.8 Å². The summed E-state index contributed by atoms with van der Waals surface area (Å²) in [5.41, 5.74) is 2.27. The van der Waals surface area contributed by atoms with E-state index >= 15 is 0 Å². The van der Waals surface area contributed by atoms with E-state index in [0.717, 1.165) is 35.9 Å². The summed E-state index contributed by atoms with van der Waals surface area (Å²) in [4.78, 5) is 12.0. The van der Waals surface area contributed by atoms with Gasteiger partial charge in [-0.15, -0.1) is 10.2 Å². The maximum atomic E-state index is 12.0. The lowest BCUT2D eigenvalue weighted by Crippen LogP contribution is -2.21. The van der Waals surface area contributed by atoms with E-state index in [9.17, 15) is 4.79 Å². The molecule has 21 heavy (non-hydrogen) atoms. The third kappa shape index (κ3) is 3.02. The molecule has 2 aromatic rings. The Balaban J connectivity index is 1.89. The third-order valence-corrected chi connectivity index (χ3v) is 5.09. The molecule has 5 heteroatoms. The summed E-state index contributed by atoms with van der Waals surface area (Å²) in [5.74, 6) is 1.20. The molecule has 0 spiro atoms. The summed E-state index contributed by atoms with van der Waals surface area (Å²) < 4.78 is 2.03. The molecule has 1 aliphatic rings. The summed E-state index contributed by atoms with van der Waals surface area (Å²) >= 11 is 1.56. The topological polar surface area (TPSA) is 47.8 Å². The van der Waals surface area contributed by atoms with Crippen molar-refractivity contribution in [3.8, 4) is 5.69 Å². The van der Waals surface area contributed by atoms with Gasteiger partial charge >= 0.3 is 0 Å². The highest BCUT2D eigenvalue weighted by Gasteiger charge is 2.26. The summed E-state index contributed by atoms with van der Waals surface area (Å²) in [6.07, 6.45) is 3.80. The van der Waals surface area contributed by atoms with Crippen molar-refractivity contribution in [3.63, 3.8) is 0 Å². The van der Waals surface area contributed by atoms with E-state index < -0.39 is 0 Å². The molecular formula is C16H19N3OS. The molecule has 0 aliphatic heterocycles. The highest BCUT2D eigenvalue weighted by atomic mass is 32.2. The molecule has 0 saturated heterocycles. The number of aromatic nitrogens is 3. The molecule has 0 radical (unpaired) electrons. The molecule has 1 aliphatic carbocycles. The van der Waals surface area contributed by atoms with Crippen molar-refractivity contribution < 1.29 is 4.79 Å². The highest BCUT2D eigenvalue weighted by molar-refractivity contribution is 8.00. The van der Waals surface area contributed by atoms with Gasteiger partial charge in [-0.3, -0.25) is 9.36 Å². The standard InChI is InChI=1S/C16H19N3OS/c1-11-7-9-13(10-8-11)19-12(2)17-18-16(19)21-15-6-4-3-5-14(15)20/h7-10,15H,3-6H2,1-2H3/t15-/m0/s1. The van der Waals surface area contributed by atoms with Gasteiger partial charge in [0.1, 0.15) is 11.6 Å². The predicted octanol–water partition coefficient (Wildman–Crippen LogP) is 3.49. The number of carbonyl (C=O) groups excluding carboxylic acids is 1. The summed E-state index contributed by atoms with van der Waals surface area (Å²) in [7, 11) is 0. The number of aryl methyl sites for hydroxylation is 2. The first-order valence-corrected chi connectivity index (χ1v) is 8.21. The molecule has 1 fully saturated rings. The van der Waals surface area contributed by atoms with E-state index in [4.69, 9.17) is 0 Å². The zero-order chi connectivity index (χ0) is 14.8. The second-order valence-electron chi connectivity index (χ2n) is 5.52. The zero-order valence-electron chi connectivity index (χ0n) is 12.4. The van der Waals surface area contributed by atoms with Crippen LogP contribution in [0.1, 0.15) is 37.1 Å². The summed E-state index contributed by atoms with van der Waals surface area (Å²) in [6, 6.07) is 8.29. The van der Waals surface area contributed by atoms with Gasteiger partial charge in [-0.1, -0.05) is 35.9 Å². The lowest BCUT2D eigenvalue weighted by atomic mass is 9.99. The maximum absolute atomic E-state index is 12.0. The van der Waals surface area contributed by atoms with Crippen molar-refractivity contribution in [1.82, 2.24) is 14.8 Å². The Morgan fingerprint density at radius 3 is 2.62 bits per heavy atom. The number of Topliss-reactive ketones (excluding diaryl/α,β-unsaturated/α-hetero) is 1. The van der Waals surface area contributed by atoms with Gasteiger partial charge in [0.15, 0.2) is 5.16 Å². The monoisotopic (exact) mass is 301 g/mol. The minimum absolute atomic E-state index is 0.0338. The van der Waals surface area contributed by atoms with Crippen LogP contribution in [0.15, 0.2) is 29.4 Å². The normalized spacial score (nSPS) is 19.0. The van der Waals surface area contributed by atoms with Crippen molar-refractivity contribution in [2.24, 2.45) is 0 Å². The SMILES string of the molecule is Cc1ccc(-n2c(C)nnc2S[C@H]2CCCCC2=O)cc1. The quantitative estimate of drug-likeness (QED) is 0.870. The number of benzene rings is 1. The van der Waals surface area contributed by atoms with E-state index in [1.165, 1.54) is 5.56 Å². The van der Waals surface area contributed by atoms with Gasteiger partial charge in [-0.05, 0) is 38.8 Å². The number of rotatable bonds is 3. The number of hydrogen-bond donors (Lipinski definition) is 0. The van der Waals surface area contributed by atoms with E-state index in [2.05, 4.69) is 41.4 Å². The molecule has 1 heterocycles. The van der Waals surface area contributed by atoms with Crippen molar-refractivity contribution in [2.75, 3.05) is 0 Å². The fourth-order valence-corrected chi connectivity index (χ4v) is 3.83. The molecule has 0 bridgehead atoms. The molecule has 0 amide bonds. The minimum atomic E-state index is 0.0338. The molecule has 0 N–H and O–H groups in total. The second-order valence-corrected chi connectivity index (χ2v) is 6.69. The Labute approximate surface area is 129 Å². The Morgan fingerprint density at radius 2 is 1.90 bits per heavy atom. The fraction of sp³-hybridized carbons (Fsp3) is 0.438. The third-order valence-electron chi connectivity index (χ3n) is 3.83. The minimum Gasteiger partial charge on any atom is -0.298 e. The average molecular weight is 301 g/mol.